The number of rotatable bonds is 6. The number of hydrogen-bond donors (Lipinski definition) is 3. The van der Waals surface area contributed by atoms with Crippen molar-refractivity contribution < 1.29 is 14.7 Å². The van der Waals surface area contributed by atoms with Gasteiger partial charge >= 0.3 is 5.97 Å². The fourth-order valence-electron chi connectivity index (χ4n) is 1.10. The van der Waals surface area contributed by atoms with Gasteiger partial charge in [-0.3, -0.25) is 9.59 Å². The molecule has 0 unspecified atom stereocenters. The molecule has 0 bridgehead atoms. The molecule has 4 N–H and O–H groups in total. The third-order valence-corrected chi connectivity index (χ3v) is 2.52. The van der Waals surface area contributed by atoms with Gasteiger partial charge < -0.3 is 16.2 Å². The highest BCUT2D eigenvalue weighted by Gasteiger charge is 2.06. The summed E-state index contributed by atoms with van der Waals surface area (Å²) in [5.74, 6) is -1.03. The van der Waals surface area contributed by atoms with Gasteiger partial charge in [-0.15, -0.1) is 11.3 Å². The van der Waals surface area contributed by atoms with Gasteiger partial charge in [-0.25, -0.2) is 4.98 Å². The van der Waals surface area contributed by atoms with Crippen LogP contribution in [0.3, 0.4) is 0 Å². The number of anilines is 1. The Kier molecular flexibility index (Phi) is 4.71. The number of amides is 1. The van der Waals surface area contributed by atoms with E-state index in [0.29, 0.717) is 23.8 Å². The highest BCUT2D eigenvalue weighted by molar-refractivity contribution is 7.13. The Labute approximate surface area is 96.5 Å². The van der Waals surface area contributed by atoms with Gasteiger partial charge in [0.25, 0.3) is 0 Å². The summed E-state index contributed by atoms with van der Waals surface area (Å²) in [6.07, 6.45) is 0.672. The highest BCUT2D eigenvalue weighted by atomic mass is 32.1. The molecular weight excluding hydrogens is 230 g/mol. The zero-order chi connectivity index (χ0) is 12.0. The molecule has 0 spiro atoms. The lowest BCUT2D eigenvalue weighted by atomic mass is 10.3. The van der Waals surface area contributed by atoms with Crippen molar-refractivity contribution in [1.82, 2.24) is 10.3 Å². The van der Waals surface area contributed by atoms with Crippen molar-refractivity contribution >= 4 is 28.3 Å². The molecule has 0 radical (unpaired) electrons. The Morgan fingerprint density at radius 2 is 2.31 bits per heavy atom. The summed E-state index contributed by atoms with van der Waals surface area (Å²) in [5.41, 5.74) is 6.06. The van der Waals surface area contributed by atoms with Crippen molar-refractivity contribution in [2.45, 2.75) is 19.3 Å². The van der Waals surface area contributed by atoms with Crippen LogP contribution >= 0.6 is 11.3 Å². The van der Waals surface area contributed by atoms with Gasteiger partial charge in [-0.1, -0.05) is 0 Å². The molecule has 1 amide bonds. The molecule has 88 valence electrons. The van der Waals surface area contributed by atoms with Gasteiger partial charge in [0.1, 0.15) is 0 Å². The molecule has 0 saturated carbocycles. The number of nitrogen functional groups attached to an aromatic ring is 1. The van der Waals surface area contributed by atoms with Crippen LogP contribution in [0.4, 0.5) is 5.13 Å². The molecule has 0 fully saturated rings. The van der Waals surface area contributed by atoms with Gasteiger partial charge in [0.15, 0.2) is 5.13 Å². The maximum Gasteiger partial charge on any atom is 0.303 e. The van der Waals surface area contributed by atoms with Crippen LogP contribution in [-0.2, 0) is 16.0 Å². The van der Waals surface area contributed by atoms with Crippen molar-refractivity contribution in [2.75, 3.05) is 12.3 Å². The first-order chi connectivity index (χ1) is 7.58. The summed E-state index contributed by atoms with van der Waals surface area (Å²) in [5, 5.41) is 13.2. The SMILES string of the molecule is Nc1nc(CC(=O)NCCCC(=O)O)cs1. The van der Waals surface area contributed by atoms with Crippen LogP contribution in [-0.4, -0.2) is 28.5 Å². The maximum atomic E-state index is 11.3. The van der Waals surface area contributed by atoms with Crippen molar-refractivity contribution in [3.63, 3.8) is 0 Å². The predicted molar refractivity (Wildman–Crippen MR) is 60.1 cm³/mol. The second-order valence-corrected chi connectivity index (χ2v) is 4.09. The van der Waals surface area contributed by atoms with Crippen molar-refractivity contribution in [3.8, 4) is 0 Å². The van der Waals surface area contributed by atoms with Crippen LogP contribution in [0, 0.1) is 0 Å². The van der Waals surface area contributed by atoms with Crippen LogP contribution < -0.4 is 11.1 Å². The average Bonchev–Trinajstić information content (AvgIpc) is 2.58. The zero-order valence-electron chi connectivity index (χ0n) is 8.60. The summed E-state index contributed by atoms with van der Waals surface area (Å²) in [6.45, 7) is 0.366. The normalized spacial score (nSPS) is 10.0. The van der Waals surface area contributed by atoms with Gasteiger partial charge in [0.05, 0.1) is 12.1 Å². The first-order valence-corrected chi connectivity index (χ1v) is 5.64. The van der Waals surface area contributed by atoms with E-state index in [1.165, 1.54) is 11.3 Å². The summed E-state index contributed by atoms with van der Waals surface area (Å²) >= 11 is 1.29. The molecule has 0 atom stereocenters. The third-order valence-electron chi connectivity index (χ3n) is 1.80. The topological polar surface area (TPSA) is 105 Å². The molecule has 16 heavy (non-hydrogen) atoms. The van der Waals surface area contributed by atoms with E-state index in [4.69, 9.17) is 10.8 Å². The molecule has 0 aliphatic heterocycles. The van der Waals surface area contributed by atoms with E-state index in [9.17, 15) is 9.59 Å². The molecule has 6 nitrogen and oxygen atoms in total. The Morgan fingerprint density at radius 1 is 1.56 bits per heavy atom. The fraction of sp³-hybridized carbons (Fsp3) is 0.444. The first-order valence-electron chi connectivity index (χ1n) is 4.76. The van der Waals surface area contributed by atoms with Gasteiger partial charge in [0.2, 0.25) is 5.91 Å². The number of nitrogens with zero attached hydrogens (tertiary/aromatic N) is 1. The number of carboxylic acid groups (broad SMARTS) is 1. The number of carboxylic acids is 1. The van der Waals surface area contributed by atoms with E-state index >= 15 is 0 Å². The predicted octanol–water partition coefficient (Wildman–Crippen LogP) is 0.249. The molecule has 0 aliphatic carbocycles. The van der Waals surface area contributed by atoms with E-state index in [1.54, 1.807) is 5.38 Å². The molecular formula is C9H13N3O3S. The summed E-state index contributed by atoms with van der Waals surface area (Å²) < 4.78 is 0. The molecule has 7 heteroatoms. The molecule has 1 heterocycles. The second kappa shape index (κ2) is 6.06. The van der Waals surface area contributed by atoms with Crippen LogP contribution in [0.15, 0.2) is 5.38 Å². The number of thiazole rings is 1. The number of aliphatic carboxylic acids is 1. The molecule has 0 saturated heterocycles. The summed E-state index contributed by atoms with van der Waals surface area (Å²) in [4.78, 5) is 25.5. The van der Waals surface area contributed by atoms with Crippen LogP contribution in [0.2, 0.25) is 0 Å². The van der Waals surface area contributed by atoms with Crippen LogP contribution in [0.1, 0.15) is 18.5 Å². The Morgan fingerprint density at radius 3 is 2.88 bits per heavy atom. The molecule has 0 aliphatic rings. The number of aromatic nitrogens is 1. The average molecular weight is 243 g/mol. The number of carbonyl (C=O) groups is 2. The van der Waals surface area contributed by atoms with Crippen LogP contribution in [0.5, 0.6) is 0 Å². The Bertz CT molecular complexity index is 378. The number of hydrogen-bond acceptors (Lipinski definition) is 5. The molecule has 1 aromatic heterocycles. The second-order valence-electron chi connectivity index (χ2n) is 3.20. The largest absolute Gasteiger partial charge is 0.481 e. The smallest absolute Gasteiger partial charge is 0.303 e. The first kappa shape index (κ1) is 12.4. The minimum atomic E-state index is -0.860. The molecule has 1 aromatic rings. The van der Waals surface area contributed by atoms with Crippen molar-refractivity contribution in [3.05, 3.63) is 11.1 Å². The van der Waals surface area contributed by atoms with Gasteiger partial charge in [-0.05, 0) is 6.42 Å². The lowest BCUT2D eigenvalue weighted by Gasteiger charge is -2.01. The maximum absolute atomic E-state index is 11.3. The number of carbonyl (C=O) groups excluding carboxylic acids is 1. The van der Waals surface area contributed by atoms with E-state index in [0.717, 1.165) is 0 Å². The Hall–Kier alpha value is -1.63. The number of nitrogens with two attached hydrogens (primary N) is 1. The monoisotopic (exact) mass is 243 g/mol. The zero-order valence-corrected chi connectivity index (χ0v) is 9.42. The van der Waals surface area contributed by atoms with Crippen molar-refractivity contribution in [2.24, 2.45) is 0 Å². The van der Waals surface area contributed by atoms with Crippen molar-refractivity contribution in [1.29, 1.82) is 0 Å². The van der Waals surface area contributed by atoms with E-state index in [1.807, 2.05) is 0 Å². The van der Waals surface area contributed by atoms with Gasteiger partial charge in [0, 0.05) is 18.3 Å². The summed E-state index contributed by atoms with van der Waals surface area (Å²) in [7, 11) is 0. The quantitative estimate of drug-likeness (QED) is 0.621. The van der Waals surface area contributed by atoms with E-state index in [2.05, 4.69) is 10.3 Å². The third kappa shape index (κ3) is 4.74. The Balaban J connectivity index is 2.18. The fourth-order valence-corrected chi connectivity index (χ4v) is 1.66. The minimum absolute atomic E-state index is 0.0595. The molecule has 0 aromatic carbocycles. The standard InChI is InChI=1S/C9H13N3O3S/c10-9-12-6(5-16-9)4-7(13)11-3-1-2-8(14)15/h5H,1-4H2,(H2,10,12)(H,11,13)(H,14,15). The minimum Gasteiger partial charge on any atom is -0.481 e. The van der Waals surface area contributed by atoms with Gasteiger partial charge in [-0.2, -0.15) is 0 Å². The summed E-state index contributed by atoms with van der Waals surface area (Å²) in [6, 6.07) is 0. The van der Waals surface area contributed by atoms with Crippen LogP contribution in [0.25, 0.3) is 0 Å². The van der Waals surface area contributed by atoms with E-state index in [-0.39, 0.29) is 18.7 Å². The molecule has 1 rings (SSSR count). The lowest BCUT2D eigenvalue weighted by Crippen LogP contribution is -2.26. The highest BCUT2D eigenvalue weighted by Crippen LogP contribution is 2.11. The van der Waals surface area contributed by atoms with E-state index < -0.39 is 5.97 Å². The number of nitrogens with one attached hydrogen (secondary N) is 1. The lowest BCUT2D eigenvalue weighted by molar-refractivity contribution is -0.137.